The molecule has 2 N–H and O–H groups in total. The molecule has 4 nitrogen and oxygen atoms in total. The number of ether oxygens (including phenoxy) is 2. The maximum Gasteiger partial charge on any atom is 0.123 e. The second-order valence-corrected chi connectivity index (χ2v) is 2.95. The van der Waals surface area contributed by atoms with Crippen LogP contribution in [0.25, 0.3) is 0 Å². The van der Waals surface area contributed by atoms with Gasteiger partial charge in [-0.05, 0) is 12.1 Å². The first kappa shape index (κ1) is 8.47. The van der Waals surface area contributed by atoms with Crippen molar-refractivity contribution < 1.29 is 9.47 Å². The monoisotopic (exact) mass is 180 g/mol. The number of hydrogen-bond donors (Lipinski definition) is 1. The van der Waals surface area contributed by atoms with E-state index in [2.05, 4.69) is 4.98 Å². The Hall–Kier alpha value is -1.13. The first-order chi connectivity index (χ1) is 6.36. The van der Waals surface area contributed by atoms with Gasteiger partial charge in [0, 0.05) is 0 Å². The zero-order valence-corrected chi connectivity index (χ0v) is 7.27. The predicted molar refractivity (Wildman–Crippen MR) is 48.2 cm³/mol. The Labute approximate surface area is 76.7 Å². The smallest absolute Gasteiger partial charge is 0.123 e. The van der Waals surface area contributed by atoms with Gasteiger partial charge >= 0.3 is 0 Å². The summed E-state index contributed by atoms with van der Waals surface area (Å²) >= 11 is 0. The molecule has 4 heteroatoms. The van der Waals surface area contributed by atoms with Crippen LogP contribution in [0.1, 0.15) is 11.8 Å². The minimum absolute atomic E-state index is 0.0330. The van der Waals surface area contributed by atoms with Gasteiger partial charge in [-0.25, -0.2) is 0 Å². The second kappa shape index (κ2) is 3.72. The van der Waals surface area contributed by atoms with Crippen molar-refractivity contribution in [1.82, 2.24) is 4.98 Å². The van der Waals surface area contributed by atoms with Crippen molar-refractivity contribution in [3.8, 4) is 0 Å². The fourth-order valence-corrected chi connectivity index (χ4v) is 1.27. The molecule has 0 amide bonds. The molecule has 0 radical (unpaired) electrons. The molecule has 2 rings (SSSR count). The fourth-order valence-electron chi connectivity index (χ4n) is 1.27. The molecule has 1 saturated heterocycles. The highest BCUT2D eigenvalue weighted by molar-refractivity contribution is 5.34. The van der Waals surface area contributed by atoms with Crippen molar-refractivity contribution in [2.24, 2.45) is 0 Å². The summed E-state index contributed by atoms with van der Waals surface area (Å²) in [4.78, 5) is 4.17. The zero-order valence-electron chi connectivity index (χ0n) is 7.27. The van der Waals surface area contributed by atoms with E-state index in [4.69, 9.17) is 15.2 Å². The molecule has 1 fully saturated rings. The first-order valence-electron chi connectivity index (χ1n) is 4.27. The average Bonchev–Trinajstić information content (AvgIpc) is 2.20. The minimum atomic E-state index is -0.0330. The summed E-state index contributed by atoms with van der Waals surface area (Å²) in [6.45, 7) is 1.89. The molecular formula is C9H12N2O2. The van der Waals surface area contributed by atoms with Crippen LogP contribution in [0, 0.1) is 0 Å². The van der Waals surface area contributed by atoms with E-state index in [0.29, 0.717) is 25.5 Å². The van der Waals surface area contributed by atoms with Gasteiger partial charge in [-0.1, -0.05) is 0 Å². The van der Waals surface area contributed by atoms with E-state index in [1.165, 1.54) is 0 Å². The summed E-state index contributed by atoms with van der Waals surface area (Å²) in [7, 11) is 0. The van der Waals surface area contributed by atoms with Gasteiger partial charge in [-0.3, -0.25) is 4.98 Å². The largest absolute Gasteiger partial charge is 0.397 e. The maximum absolute atomic E-state index is 5.52. The number of hydrogen-bond acceptors (Lipinski definition) is 4. The van der Waals surface area contributed by atoms with Crippen molar-refractivity contribution in [3.05, 3.63) is 24.0 Å². The number of nitrogens with zero attached hydrogens (tertiary/aromatic N) is 1. The molecule has 70 valence electrons. The van der Waals surface area contributed by atoms with Crippen molar-refractivity contribution in [1.29, 1.82) is 0 Å². The van der Waals surface area contributed by atoms with Gasteiger partial charge in [0.15, 0.2) is 0 Å². The van der Waals surface area contributed by atoms with Crippen LogP contribution in [-0.2, 0) is 9.47 Å². The Morgan fingerprint density at radius 3 is 2.92 bits per heavy atom. The van der Waals surface area contributed by atoms with Gasteiger partial charge in [0.1, 0.15) is 6.10 Å². The van der Waals surface area contributed by atoms with Gasteiger partial charge in [-0.2, -0.15) is 0 Å². The van der Waals surface area contributed by atoms with E-state index in [1.54, 1.807) is 6.20 Å². The highest BCUT2D eigenvalue weighted by atomic mass is 16.6. The number of nitrogens with two attached hydrogens (primary N) is 1. The maximum atomic E-state index is 5.52. The highest BCUT2D eigenvalue weighted by Gasteiger charge is 2.17. The summed E-state index contributed by atoms with van der Waals surface area (Å²) in [5.74, 6) is 0. The highest BCUT2D eigenvalue weighted by Crippen LogP contribution is 2.18. The summed E-state index contributed by atoms with van der Waals surface area (Å²) in [6.07, 6.45) is 1.60. The topological polar surface area (TPSA) is 57.4 Å². The van der Waals surface area contributed by atoms with E-state index in [1.807, 2.05) is 12.1 Å². The molecule has 13 heavy (non-hydrogen) atoms. The third kappa shape index (κ3) is 1.96. The van der Waals surface area contributed by atoms with Crippen LogP contribution in [-0.4, -0.2) is 24.8 Å². The molecular weight excluding hydrogens is 168 g/mol. The van der Waals surface area contributed by atoms with Crippen molar-refractivity contribution in [3.63, 3.8) is 0 Å². The van der Waals surface area contributed by atoms with Crippen LogP contribution in [0.2, 0.25) is 0 Å². The molecule has 1 aromatic rings. The van der Waals surface area contributed by atoms with Crippen molar-refractivity contribution >= 4 is 5.69 Å². The number of anilines is 1. The van der Waals surface area contributed by atoms with E-state index in [-0.39, 0.29) is 6.10 Å². The predicted octanol–water partition coefficient (Wildman–Crippen LogP) is 0.752. The van der Waals surface area contributed by atoms with Crippen LogP contribution in [0.15, 0.2) is 18.3 Å². The van der Waals surface area contributed by atoms with Crippen LogP contribution >= 0.6 is 0 Å². The molecule has 2 heterocycles. The minimum Gasteiger partial charge on any atom is -0.397 e. The van der Waals surface area contributed by atoms with Gasteiger partial charge < -0.3 is 15.2 Å². The first-order valence-corrected chi connectivity index (χ1v) is 4.27. The van der Waals surface area contributed by atoms with Crippen molar-refractivity contribution in [2.45, 2.75) is 6.10 Å². The summed E-state index contributed by atoms with van der Waals surface area (Å²) in [5, 5.41) is 0. The standard InChI is InChI=1S/C9H12N2O2/c10-7-1-2-8(11-5-7)9-6-12-3-4-13-9/h1-2,5,9H,3-4,6,10H2. The second-order valence-electron chi connectivity index (χ2n) is 2.95. The molecule has 1 aliphatic rings. The van der Waals surface area contributed by atoms with Gasteiger partial charge in [0.05, 0.1) is 37.4 Å². The Kier molecular flexibility index (Phi) is 2.42. The zero-order chi connectivity index (χ0) is 9.10. The Morgan fingerprint density at radius 2 is 2.31 bits per heavy atom. The van der Waals surface area contributed by atoms with Crippen molar-refractivity contribution in [2.75, 3.05) is 25.6 Å². The molecule has 0 bridgehead atoms. The number of nitrogen functional groups attached to an aromatic ring is 1. The molecule has 0 aromatic carbocycles. The van der Waals surface area contributed by atoms with Gasteiger partial charge in [0.2, 0.25) is 0 Å². The molecule has 1 aromatic heterocycles. The summed E-state index contributed by atoms with van der Waals surface area (Å²) < 4.78 is 10.7. The fraction of sp³-hybridized carbons (Fsp3) is 0.444. The Morgan fingerprint density at radius 1 is 1.38 bits per heavy atom. The summed E-state index contributed by atoms with van der Waals surface area (Å²) in [6, 6.07) is 3.69. The average molecular weight is 180 g/mol. The van der Waals surface area contributed by atoms with Crippen LogP contribution < -0.4 is 5.73 Å². The third-order valence-electron chi connectivity index (χ3n) is 1.96. The van der Waals surface area contributed by atoms with E-state index in [0.717, 1.165) is 5.69 Å². The van der Waals surface area contributed by atoms with Gasteiger partial charge in [0.25, 0.3) is 0 Å². The lowest BCUT2D eigenvalue weighted by atomic mass is 10.2. The summed E-state index contributed by atoms with van der Waals surface area (Å²) in [5.41, 5.74) is 7.07. The lowest BCUT2D eigenvalue weighted by Crippen LogP contribution is -2.22. The quantitative estimate of drug-likeness (QED) is 0.693. The Bertz CT molecular complexity index is 267. The van der Waals surface area contributed by atoms with E-state index >= 15 is 0 Å². The third-order valence-corrected chi connectivity index (χ3v) is 1.96. The molecule has 1 unspecified atom stereocenters. The lowest BCUT2D eigenvalue weighted by molar-refractivity contribution is -0.0917. The van der Waals surface area contributed by atoms with Crippen LogP contribution in [0.3, 0.4) is 0 Å². The van der Waals surface area contributed by atoms with Crippen LogP contribution in [0.5, 0.6) is 0 Å². The Balaban J connectivity index is 2.10. The molecule has 0 saturated carbocycles. The SMILES string of the molecule is Nc1ccc(C2COCCO2)nc1. The number of pyridine rings is 1. The molecule has 0 spiro atoms. The van der Waals surface area contributed by atoms with Crippen LogP contribution in [0.4, 0.5) is 5.69 Å². The molecule has 1 aliphatic heterocycles. The molecule has 1 atom stereocenters. The number of aromatic nitrogens is 1. The number of rotatable bonds is 1. The normalized spacial score (nSPS) is 22.9. The lowest BCUT2D eigenvalue weighted by Gasteiger charge is -2.22. The van der Waals surface area contributed by atoms with E-state index < -0.39 is 0 Å². The van der Waals surface area contributed by atoms with E-state index in [9.17, 15) is 0 Å². The van der Waals surface area contributed by atoms with Gasteiger partial charge in [-0.15, -0.1) is 0 Å². The molecule has 0 aliphatic carbocycles.